The predicted molar refractivity (Wildman–Crippen MR) is 68.5 cm³/mol. The molecule has 1 heterocycles. The molecule has 0 atom stereocenters. The Morgan fingerprint density at radius 1 is 1.32 bits per heavy atom. The zero-order valence-corrected chi connectivity index (χ0v) is 10.9. The minimum atomic E-state index is -0.364. The molecule has 6 heteroatoms. The van der Waals surface area contributed by atoms with Gasteiger partial charge in [0, 0.05) is 37.7 Å². The summed E-state index contributed by atoms with van der Waals surface area (Å²) in [4.78, 5) is 28.7. The molecule has 104 valence electrons. The van der Waals surface area contributed by atoms with E-state index < -0.39 is 0 Å². The smallest absolute Gasteiger partial charge is 0.307 e. The van der Waals surface area contributed by atoms with Crippen LogP contribution in [0.2, 0.25) is 0 Å². The molecule has 19 heavy (non-hydrogen) atoms. The number of pyridine rings is 1. The third-order valence-electron chi connectivity index (χ3n) is 2.61. The minimum Gasteiger partial charge on any atom is -0.469 e. The van der Waals surface area contributed by atoms with E-state index in [2.05, 4.69) is 9.72 Å². The third kappa shape index (κ3) is 5.05. The fraction of sp³-hybridized carbons (Fsp3) is 0.462. The summed E-state index contributed by atoms with van der Waals surface area (Å²) in [5.74, 6) is -0.545. The van der Waals surface area contributed by atoms with Gasteiger partial charge in [-0.2, -0.15) is 0 Å². The van der Waals surface area contributed by atoms with Crippen molar-refractivity contribution in [2.75, 3.05) is 26.8 Å². The summed E-state index contributed by atoms with van der Waals surface area (Å²) in [7, 11) is 1.31. The minimum absolute atomic E-state index is 0.00164. The normalized spacial score (nSPS) is 10.0. The van der Waals surface area contributed by atoms with Crippen LogP contribution in [-0.2, 0) is 9.53 Å². The second-order valence-corrected chi connectivity index (χ2v) is 3.93. The number of carbonyl (C=O) groups excluding carboxylic acids is 2. The lowest BCUT2D eigenvalue weighted by Crippen LogP contribution is -2.34. The van der Waals surface area contributed by atoms with E-state index >= 15 is 0 Å². The lowest BCUT2D eigenvalue weighted by Gasteiger charge is -2.21. The van der Waals surface area contributed by atoms with Crippen molar-refractivity contribution in [1.82, 2.24) is 9.88 Å². The highest BCUT2D eigenvalue weighted by Gasteiger charge is 2.16. The molecule has 0 aliphatic heterocycles. The number of nitrogens with zero attached hydrogens (tertiary/aromatic N) is 2. The molecular formula is C13H18N2O4. The van der Waals surface area contributed by atoms with Crippen molar-refractivity contribution in [3.8, 4) is 0 Å². The van der Waals surface area contributed by atoms with Gasteiger partial charge >= 0.3 is 5.97 Å². The number of rotatable bonds is 7. The van der Waals surface area contributed by atoms with E-state index in [0.29, 0.717) is 18.5 Å². The Labute approximate surface area is 112 Å². The van der Waals surface area contributed by atoms with Crippen LogP contribution in [0.4, 0.5) is 0 Å². The standard InChI is InChI=1S/C13H18N2O4/c1-19-12(17)5-9-15(8-2-10-16)13(18)11-3-6-14-7-4-11/h3-4,6-7,16H,2,5,8-10H2,1H3. The van der Waals surface area contributed by atoms with Gasteiger partial charge in [0.2, 0.25) is 0 Å². The molecule has 0 aliphatic carbocycles. The number of hydrogen-bond acceptors (Lipinski definition) is 5. The highest BCUT2D eigenvalue weighted by Crippen LogP contribution is 2.05. The molecule has 0 unspecified atom stereocenters. The number of aliphatic hydroxyl groups excluding tert-OH is 1. The van der Waals surface area contributed by atoms with E-state index in [0.717, 1.165) is 0 Å². The van der Waals surface area contributed by atoms with Gasteiger partial charge in [0.15, 0.2) is 0 Å². The van der Waals surface area contributed by atoms with Crippen molar-refractivity contribution in [3.05, 3.63) is 30.1 Å². The number of aromatic nitrogens is 1. The zero-order chi connectivity index (χ0) is 14.1. The number of carbonyl (C=O) groups is 2. The van der Waals surface area contributed by atoms with E-state index in [1.807, 2.05) is 0 Å². The monoisotopic (exact) mass is 266 g/mol. The van der Waals surface area contributed by atoms with Crippen LogP contribution in [0.3, 0.4) is 0 Å². The number of methoxy groups -OCH3 is 1. The first-order chi connectivity index (χ1) is 9.19. The van der Waals surface area contributed by atoms with Crippen LogP contribution in [0.15, 0.2) is 24.5 Å². The van der Waals surface area contributed by atoms with E-state index in [1.165, 1.54) is 24.4 Å². The first-order valence-electron chi connectivity index (χ1n) is 6.06. The van der Waals surface area contributed by atoms with Crippen LogP contribution in [0.1, 0.15) is 23.2 Å². The maximum absolute atomic E-state index is 12.2. The Hall–Kier alpha value is -1.95. The van der Waals surface area contributed by atoms with Gasteiger partial charge in [-0.15, -0.1) is 0 Å². The van der Waals surface area contributed by atoms with E-state index in [4.69, 9.17) is 5.11 Å². The molecule has 0 aliphatic rings. The number of esters is 1. The fourth-order valence-corrected chi connectivity index (χ4v) is 1.58. The van der Waals surface area contributed by atoms with Gasteiger partial charge < -0.3 is 14.7 Å². The SMILES string of the molecule is COC(=O)CCN(CCCO)C(=O)c1ccncc1. The molecule has 0 saturated carbocycles. The zero-order valence-electron chi connectivity index (χ0n) is 10.9. The molecular weight excluding hydrogens is 248 g/mol. The van der Waals surface area contributed by atoms with Gasteiger partial charge in [-0.3, -0.25) is 14.6 Å². The van der Waals surface area contributed by atoms with Gasteiger partial charge in [-0.05, 0) is 18.6 Å². The summed E-state index contributed by atoms with van der Waals surface area (Å²) >= 11 is 0. The maximum Gasteiger partial charge on any atom is 0.307 e. The Kier molecular flexibility index (Phi) is 6.52. The van der Waals surface area contributed by atoms with Crippen molar-refractivity contribution in [2.45, 2.75) is 12.8 Å². The van der Waals surface area contributed by atoms with Gasteiger partial charge in [0.1, 0.15) is 0 Å². The fourth-order valence-electron chi connectivity index (χ4n) is 1.58. The summed E-state index contributed by atoms with van der Waals surface area (Å²) in [6, 6.07) is 3.23. The topological polar surface area (TPSA) is 79.7 Å². The van der Waals surface area contributed by atoms with Gasteiger partial charge in [0.25, 0.3) is 5.91 Å². The Morgan fingerprint density at radius 2 is 2.00 bits per heavy atom. The van der Waals surface area contributed by atoms with Crippen LogP contribution < -0.4 is 0 Å². The molecule has 1 N–H and O–H groups in total. The quantitative estimate of drug-likeness (QED) is 0.726. The van der Waals surface area contributed by atoms with Gasteiger partial charge in [0.05, 0.1) is 13.5 Å². The van der Waals surface area contributed by atoms with Crippen LogP contribution in [0, 0.1) is 0 Å². The van der Waals surface area contributed by atoms with Crippen LogP contribution in [0.25, 0.3) is 0 Å². The number of ether oxygens (including phenoxy) is 1. The number of amides is 1. The molecule has 1 aromatic rings. The summed E-state index contributed by atoms with van der Waals surface area (Å²) in [5.41, 5.74) is 0.512. The Bertz CT molecular complexity index is 408. The third-order valence-corrected chi connectivity index (χ3v) is 2.61. The molecule has 0 radical (unpaired) electrons. The van der Waals surface area contributed by atoms with Crippen molar-refractivity contribution in [1.29, 1.82) is 0 Å². The molecule has 0 saturated heterocycles. The van der Waals surface area contributed by atoms with Gasteiger partial charge in [-0.1, -0.05) is 0 Å². The summed E-state index contributed by atoms with van der Waals surface area (Å²) < 4.78 is 4.55. The number of hydrogen-bond donors (Lipinski definition) is 1. The highest BCUT2D eigenvalue weighted by atomic mass is 16.5. The van der Waals surface area contributed by atoms with E-state index in [9.17, 15) is 9.59 Å². The maximum atomic E-state index is 12.2. The lowest BCUT2D eigenvalue weighted by molar-refractivity contribution is -0.140. The van der Waals surface area contributed by atoms with Gasteiger partial charge in [-0.25, -0.2) is 0 Å². The molecule has 1 rings (SSSR count). The molecule has 1 amide bonds. The molecule has 0 spiro atoms. The highest BCUT2D eigenvalue weighted by molar-refractivity contribution is 5.94. The molecule has 1 aromatic heterocycles. The van der Waals surface area contributed by atoms with Crippen molar-refractivity contribution in [3.63, 3.8) is 0 Å². The molecule has 6 nitrogen and oxygen atoms in total. The van der Waals surface area contributed by atoms with Crippen molar-refractivity contribution in [2.24, 2.45) is 0 Å². The summed E-state index contributed by atoms with van der Waals surface area (Å²) in [6.45, 7) is 0.667. The van der Waals surface area contributed by atoms with E-state index in [-0.39, 0.29) is 31.4 Å². The number of aliphatic hydroxyl groups is 1. The second-order valence-electron chi connectivity index (χ2n) is 3.93. The summed E-state index contributed by atoms with van der Waals surface area (Å²) in [5, 5.41) is 8.85. The van der Waals surface area contributed by atoms with Crippen LogP contribution >= 0.6 is 0 Å². The Balaban J connectivity index is 2.67. The lowest BCUT2D eigenvalue weighted by atomic mass is 10.2. The Morgan fingerprint density at radius 3 is 2.58 bits per heavy atom. The van der Waals surface area contributed by atoms with Crippen molar-refractivity contribution < 1.29 is 19.4 Å². The second kappa shape index (κ2) is 8.20. The first-order valence-corrected chi connectivity index (χ1v) is 6.06. The molecule has 0 bridgehead atoms. The van der Waals surface area contributed by atoms with Crippen LogP contribution in [-0.4, -0.2) is 53.7 Å². The van der Waals surface area contributed by atoms with Crippen molar-refractivity contribution >= 4 is 11.9 Å². The molecule has 0 aromatic carbocycles. The molecule has 0 fully saturated rings. The van der Waals surface area contributed by atoms with Crippen LogP contribution in [0.5, 0.6) is 0 Å². The van der Waals surface area contributed by atoms with E-state index in [1.54, 1.807) is 12.1 Å². The average Bonchev–Trinajstić information content (AvgIpc) is 2.47. The largest absolute Gasteiger partial charge is 0.469 e. The average molecular weight is 266 g/mol. The summed E-state index contributed by atoms with van der Waals surface area (Å²) in [6.07, 6.45) is 3.69. The predicted octanol–water partition coefficient (Wildman–Crippen LogP) is 0.469. The first kappa shape index (κ1) is 15.1.